The molecule has 7 nitrogen and oxygen atoms in total. The highest BCUT2D eigenvalue weighted by Gasteiger charge is 2.31. The number of H-pyrrole nitrogens is 1. The Kier molecular flexibility index (Phi) is 4.08. The lowest BCUT2D eigenvalue weighted by Gasteiger charge is -2.36. The van der Waals surface area contributed by atoms with Crippen LogP contribution in [0.25, 0.3) is 22.2 Å². The molecule has 0 aliphatic heterocycles. The van der Waals surface area contributed by atoms with E-state index in [9.17, 15) is 0 Å². The molecule has 1 aromatic carbocycles. The molecule has 3 aromatic rings. The van der Waals surface area contributed by atoms with Crippen LogP contribution in [-0.4, -0.2) is 32.4 Å². The van der Waals surface area contributed by atoms with Crippen molar-refractivity contribution >= 4 is 16.9 Å². The Bertz CT molecular complexity index is 989. The Hall–Kier alpha value is -2.93. The van der Waals surface area contributed by atoms with Crippen LogP contribution in [0.15, 0.2) is 42.2 Å². The lowest BCUT2D eigenvalue weighted by atomic mass is 9.80. The number of aromatic amines is 1. The molecular formula is C19H23N7. The molecule has 5 N–H and O–H groups in total. The second kappa shape index (κ2) is 6.42. The molecule has 0 atom stereocenters. The number of amidine groups is 1. The summed E-state index contributed by atoms with van der Waals surface area (Å²) in [6.45, 7) is 6.51. The highest BCUT2D eigenvalue weighted by atomic mass is 15.3. The molecule has 4 rings (SSSR count). The van der Waals surface area contributed by atoms with Gasteiger partial charge in [-0.2, -0.15) is 15.4 Å². The van der Waals surface area contributed by atoms with Gasteiger partial charge in [-0.15, -0.1) is 0 Å². The average molecular weight is 349 g/mol. The fourth-order valence-corrected chi connectivity index (χ4v) is 3.84. The summed E-state index contributed by atoms with van der Waals surface area (Å²) in [5.74, 6) is 1.08. The van der Waals surface area contributed by atoms with Gasteiger partial charge in [0.2, 0.25) is 0 Å². The molecule has 134 valence electrons. The van der Waals surface area contributed by atoms with E-state index in [0.717, 1.165) is 52.8 Å². The van der Waals surface area contributed by atoms with E-state index in [2.05, 4.69) is 44.7 Å². The van der Waals surface area contributed by atoms with Gasteiger partial charge < -0.3 is 16.0 Å². The predicted molar refractivity (Wildman–Crippen MR) is 104 cm³/mol. The van der Waals surface area contributed by atoms with Crippen LogP contribution in [0.5, 0.6) is 0 Å². The first-order valence-corrected chi connectivity index (χ1v) is 8.79. The Morgan fingerprint density at radius 2 is 2.15 bits per heavy atom. The number of benzene rings is 1. The van der Waals surface area contributed by atoms with Crippen LogP contribution in [0.4, 0.5) is 0 Å². The number of nitrogens with one attached hydrogen (secondary N) is 1. The van der Waals surface area contributed by atoms with Crippen LogP contribution in [0.3, 0.4) is 0 Å². The topological polar surface area (TPSA) is 111 Å². The van der Waals surface area contributed by atoms with Gasteiger partial charge in [0.05, 0.1) is 0 Å². The molecule has 0 spiro atoms. The van der Waals surface area contributed by atoms with E-state index in [1.807, 2.05) is 18.2 Å². The zero-order valence-corrected chi connectivity index (χ0v) is 14.8. The van der Waals surface area contributed by atoms with Gasteiger partial charge in [0, 0.05) is 35.3 Å². The summed E-state index contributed by atoms with van der Waals surface area (Å²) in [6, 6.07) is 6.48. The van der Waals surface area contributed by atoms with Crippen LogP contribution in [0.2, 0.25) is 0 Å². The standard InChI is InChI=1S/C19H23N7/c1-3-22-19(21)18-11(2)26(14-6-12(7-14)9-20)10-15(18)13-4-5-16-17(8-13)24-25-23-16/h3-5,8,10,12,14H,1,6-7,9,20H2,2H3,(H2,21,22)(H,23,24,25). The fourth-order valence-electron chi connectivity index (χ4n) is 3.84. The van der Waals surface area contributed by atoms with Crippen molar-refractivity contribution in [1.82, 2.24) is 20.0 Å². The molecule has 2 heterocycles. The van der Waals surface area contributed by atoms with E-state index >= 15 is 0 Å². The molecule has 1 aliphatic rings. The zero-order chi connectivity index (χ0) is 18.3. The molecular weight excluding hydrogens is 326 g/mol. The van der Waals surface area contributed by atoms with E-state index < -0.39 is 0 Å². The van der Waals surface area contributed by atoms with Crippen molar-refractivity contribution in [3.63, 3.8) is 0 Å². The van der Waals surface area contributed by atoms with Gasteiger partial charge in [0.15, 0.2) is 0 Å². The van der Waals surface area contributed by atoms with Gasteiger partial charge in [-0.1, -0.05) is 12.6 Å². The number of aliphatic imine (C=N–C) groups is 1. The highest BCUT2D eigenvalue weighted by molar-refractivity contribution is 6.05. The van der Waals surface area contributed by atoms with Crippen LogP contribution in [0.1, 0.15) is 30.1 Å². The minimum atomic E-state index is 0.461. The Balaban J connectivity index is 1.83. The van der Waals surface area contributed by atoms with E-state index in [1.54, 1.807) is 0 Å². The number of nitrogens with two attached hydrogens (primary N) is 2. The van der Waals surface area contributed by atoms with Gasteiger partial charge in [0.25, 0.3) is 0 Å². The zero-order valence-electron chi connectivity index (χ0n) is 14.8. The Morgan fingerprint density at radius 1 is 1.38 bits per heavy atom. The molecule has 7 heteroatoms. The number of fused-ring (bicyclic) bond motifs is 1. The van der Waals surface area contributed by atoms with Crippen LogP contribution in [-0.2, 0) is 0 Å². The van der Waals surface area contributed by atoms with Crippen molar-refractivity contribution < 1.29 is 0 Å². The molecule has 1 aliphatic carbocycles. The summed E-state index contributed by atoms with van der Waals surface area (Å²) in [7, 11) is 0. The van der Waals surface area contributed by atoms with Crippen molar-refractivity contribution in [2.75, 3.05) is 6.54 Å². The minimum absolute atomic E-state index is 0.461. The summed E-state index contributed by atoms with van der Waals surface area (Å²) in [4.78, 5) is 4.23. The normalized spacial score (nSPS) is 20.3. The molecule has 1 fully saturated rings. The van der Waals surface area contributed by atoms with Gasteiger partial charge in [0.1, 0.15) is 16.9 Å². The number of rotatable bonds is 5. The molecule has 0 saturated heterocycles. The Labute approximate surface area is 151 Å². The third-order valence-electron chi connectivity index (χ3n) is 5.34. The molecule has 0 radical (unpaired) electrons. The Morgan fingerprint density at radius 3 is 2.88 bits per heavy atom. The van der Waals surface area contributed by atoms with Crippen LogP contribution >= 0.6 is 0 Å². The largest absolute Gasteiger partial charge is 0.383 e. The quantitative estimate of drug-likeness (QED) is 0.485. The van der Waals surface area contributed by atoms with E-state index in [1.165, 1.54) is 6.20 Å². The smallest absolute Gasteiger partial charge is 0.133 e. The van der Waals surface area contributed by atoms with Crippen molar-refractivity contribution in [3.8, 4) is 11.1 Å². The SMILES string of the molecule is C=CN=C(N)c1c(-c2ccc3n[nH]nc3c2)cn(C2CC(CN)C2)c1C. The molecule has 0 bridgehead atoms. The maximum absolute atomic E-state index is 6.27. The third kappa shape index (κ3) is 2.61. The van der Waals surface area contributed by atoms with Crippen LogP contribution in [0, 0.1) is 12.8 Å². The minimum Gasteiger partial charge on any atom is -0.383 e. The van der Waals surface area contributed by atoms with E-state index in [4.69, 9.17) is 11.5 Å². The third-order valence-corrected chi connectivity index (χ3v) is 5.34. The second-order valence-electron chi connectivity index (χ2n) is 6.86. The summed E-state index contributed by atoms with van der Waals surface area (Å²) < 4.78 is 2.31. The van der Waals surface area contributed by atoms with Crippen molar-refractivity contribution in [2.24, 2.45) is 22.4 Å². The lowest BCUT2D eigenvalue weighted by molar-refractivity contribution is 0.202. The first-order chi connectivity index (χ1) is 12.6. The summed E-state index contributed by atoms with van der Waals surface area (Å²) in [5, 5.41) is 11.0. The highest BCUT2D eigenvalue weighted by Crippen LogP contribution is 2.41. The predicted octanol–water partition coefficient (Wildman–Crippen LogP) is 2.49. The van der Waals surface area contributed by atoms with Gasteiger partial charge in [-0.3, -0.25) is 0 Å². The average Bonchev–Trinajstić information content (AvgIpc) is 3.18. The number of nitrogens with zero attached hydrogens (tertiary/aromatic N) is 4. The van der Waals surface area contributed by atoms with Crippen LogP contribution < -0.4 is 11.5 Å². The molecule has 0 amide bonds. The summed E-state index contributed by atoms with van der Waals surface area (Å²) in [6.07, 6.45) is 5.86. The lowest BCUT2D eigenvalue weighted by Crippen LogP contribution is -2.32. The number of aromatic nitrogens is 4. The van der Waals surface area contributed by atoms with Gasteiger partial charge >= 0.3 is 0 Å². The second-order valence-corrected chi connectivity index (χ2v) is 6.86. The van der Waals surface area contributed by atoms with Crippen molar-refractivity contribution in [1.29, 1.82) is 0 Å². The maximum atomic E-state index is 6.27. The molecule has 26 heavy (non-hydrogen) atoms. The molecule has 2 aromatic heterocycles. The monoisotopic (exact) mass is 349 g/mol. The van der Waals surface area contributed by atoms with Gasteiger partial charge in [-0.05, 0) is 49.9 Å². The molecule has 1 saturated carbocycles. The van der Waals surface area contributed by atoms with E-state index in [-0.39, 0.29) is 0 Å². The van der Waals surface area contributed by atoms with Crippen molar-refractivity contribution in [2.45, 2.75) is 25.8 Å². The number of hydrogen-bond donors (Lipinski definition) is 3. The first kappa shape index (κ1) is 16.5. The summed E-state index contributed by atoms with van der Waals surface area (Å²) in [5.41, 5.74) is 17.9. The van der Waals surface area contributed by atoms with E-state index in [0.29, 0.717) is 17.8 Å². The number of hydrogen-bond acceptors (Lipinski definition) is 4. The first-order valence-electron chi connectivity index (χ1n) is 8.79. The maximum Gasteiger partial charge on any atom is 0.133 e. The fraction of sp³-hybridized carbons (Fsp3) is 0.316. The van der Waals surface area contributed by atoms with Crippen molar-refractivity contribution in [3.05, 3.63) is 48.4 Å². The summed E-state index contributed by atoms with van der Waals surface area (Å²) >= 11 is 0. The van der Waals surface area contributed by atoms with Gasteiger partial charge in [-0.25, -0.2) is 4.99 Å². The molecule has 0 unspecified atom stereocenters.